The molecule has 34 heavy (non-hydrogen) atoms. The Morgan fingerprint density at radius 3 is 2.38 bits per heavy atom. The summed E-state index contributed by atoms with van der Waals surface area (Å²) in [6, 6.07) is 20.1. The number of benzene rings is 2. The van der Waals surface area contributed by atoms with E-state index in [9.17, 15) is 13.2 Å². The summed E-state index contributed by atoms with van der Waals surface area (Å²) in [5, 5.41) is 1.96. The number of nitrogens with zero attached hydrogens (tertiary/aromatic N) is 1. The number of hydrogen-bond donors (Lipinski definition) is 1. The first-order valence-electron chi connectivity index (χ1n) is 10.6. The smallest absolute Gasteiger partial charge is 0.261 e. The zero-order chi connectivity index (χ0) is 24.0. The highest BCUT2D eigenvalue weighted by molar-refractivity contribution is 7.92. The standard InChI is InChI=1S/C25H24N2O5S2/c1-2-31-21-11-9-20(10-12-21)26-34(29,30)24-13-7-19(8-14-24)25(28)27(17-22-5-3-15-32-22)18-23-6-4-16-33-23/h3-16,26H,2,17-18H2,1H3. The van der Waals surface area contributed by atoms with Crippen molar-refractivity contribution >= 4 is 33.0 Å². The van der Waals surface area contributed by atoms with Gasteiger partial charge in [0.15, 0.2) is 0 Å². The summed E-state index contributed by atoms with van der Waals surface area (Å²) in [6.45, 7) is 3.14. The lowest BCUT2D eigenvalue weighted by molar-refractivity contribution is 0.0719. The maximum atomic E-state index is 13.2. The molecule has 4 rings (SSSR count). The minimum absolute atomic E-state index is 0.0637. The van der Waals surface area contributed by atoms with Crippen molar-refractivity contribution in [3.05, 3.63) is 101 Å². The first-order valence-corrected chi connectivity index (χ1v) is 13.0. The van der Waals surface area contributed by atoms with Crippen molar-refractivity contribution in [3.63, 3.8) is 0 Å². The molecule has 0 unspecified atom stereocenters. The number of furan rings is 1. The molecular formula is C25H24N2O5S2. The number of amides is 1. The largest absolute Gasteiger partial charge is 0.494 e. The van der Waals surface area contributed by atoms with Gasteiger partial charge in [-0.1, -0.05) is 6.07 Å². The Bertz CT molecular complexity index is 1260. The third-order valence-electron chi connectivity index (χ3n) is 4.97. The lowest BCUT2D eigenvalue weighted by atomic mass is 10.2. The second-order valence-electron chi connectivity index (χ2n) is 7.41. The van der Waals surface area contributed by atoms with Crippen LogP contribution in [0.4, 0.5) is 5.69 Å². The molecule has 176 valence electrons. The quantitative estimate of drug-likeness (QED) is 0.318. The third-order valence-corrected chi connectivity index (χ3v) is 7.23. The normalized spacial score (nSPS) is 11.2. The van der Waals surface area contributed by atoms with Crippen LogP contribution in [-0.4, -0.2) is 25.8 Å². The van der Waals surface area contributed by atoms with Crippen LogP contribution in [0.2, 0.25) is 0 Å². The van der Waals surface area contributed by atoms with Gasteiger partial charge in [0.25, 0.3) is 15.9 Å². The molecule has 2 heterocycles. The van der Waals surface area contributed by atoms with Crippen molar-refractivity contribution in [1.82, 2.24) is 4.90 Å². The molecule has 0 saturated carbocycles. The fourth-order valence-corrected chi connectivity index (χ4v) is 5.12. The molecule has 0 aliphatic rings. The summed E-state index contributed by atoms with van der Waals surface area (Å²) in [5.41, 5.74) is 0.812. The summed E-state index contributed by atoms with van der Waals surface area (Å²) in [6.07, 6.45) is 1.57. The highest BCUT2D eigenvalue weighted by Crippen LogP contribution is 2.22. The van der Waals surface area contributed by atoms with Gasteiger partial charge in [-0.15, -0.1) is 11.3 Å². The van der Waals surface area contributed by atoms with E-state index in [0.717, 1.165) is 4.88 Å². The zero-order valence-corrected chi connectivity index (χ0v) is 20.1. The van der Waals surface area contributed by atoms with Crippen LogP contribution in [-0.2, 0) is 23.1 Å². The highest BCUT2D eigenvalue weighted by atomic mass is 32.2. The number of carbonyl (C=O) groups excluding carboxylic acids is 1. The molecule has 2 aromatic carbocycles. The molecule has 0 atom stereocenters. The van der Waals surface area contributed by atoms with Gasteiger partial charge < -0.3 is 14.1 Å². The SMILES string of the molecule is CCOc1ccc(NS(=O)(=O)c2ccc(C(=O)N(Cc3ccco3)Cc3cccs3)cc2)cc1. The van der Waals surface area contributed by atoms with Gasteiger partial charge in [-0.3, -0.25) is 9.52 Å². The second-order valence-corrected chi connectivity index (χ2v) is 10.1. The van der Waals surface area contributed by atoms with Crippen LogP contribution in [0, 0.1) is 0 Å². The van der Waals surface area contributed by atoms with Crippen LogP contribution >= 0.6 is 11.3 Å². The van der Waals surface area contributed by atoms with Gasteiger partial charge in [0.05, 0.1) is 30.9 Å². The first-order chi connectivity index (χ1) is 16.4. The van der Waals surface area contributed by atoms with Crippen molar-refractivity contribution < 1.29 is 22.4 Å². The van der Waals surface area contributed by atoms with Crippen LogP contribution in [0.25, 0.3) is 0 Å². The van der Waals surface area contributed by atoms with Crippen LogP contribution in [0.15, 0.2) is 93.8 Å². The van der Waals surface area contributed by atoms with Crippen LogP contribution in [0.1, 0.15) is 27.9 Å². The molecule has 0 fully saturated rings. The Hall–Kier alpha value is -3.56. The second kappa shape index (κ2) is 10.6. The lowest BCUT2D eigenvalue weighted by Gasteiger charge is -2.21. The van der Waals surface area contributed by atoms with E-state index in [0.29, 0.717) is 42.5 Å². The molecular weight excluding hydrogens is 472 g/mol. The highest BCUT2D eigenvalue weighted by Gasteiger charge is 2.20. The van der Waals surface area contributed by atoms with Gasteiger partial charge in [0, 0.05) is 16.1 Å². The van der Waals surface area contributed by atoms with Crippen LogP contribution in [0.3, 0.4) is 0 Å². The number of thiophene rings is 1. The van der Waals surface area contributed by atoms with E-state index in [1.165, 1.54) is 24.3 Å². The maximum Gasteiger partial charge on any atom is 0.261 e. The molecule has 0 aliphatic heterocycles. The summed E-state index contributed by atoms with van der Waals surface area (Å²) in [7, 11) is -3.81. The molecule has 9 heteroatoms. The van der Waals surface area contributed by atoms with Crippen LogP contribution in [0.5, 0.6) is 5.75 Å². The van der Waals surface area contributed by atoms with Crippen molar-refractivity contribution in [2.45, 2.75) is 24.9 Å². The van der Waals surface area contributed by atoms with E-state index < -0.39 is 10.0 Å². The molecule has 0 bridgehead atoms. The number of ether oxygens (including phenoxy) is 1. The monoisotopic (exact) mass is 496 g/mol. The Balaban J connectivity index is 1.49. The first kappa shape index (κ1) is 23.6. The fourth-order valence-electron chi connectivity index (χ4n) is 3.34. The van der Waals surface area contributed by atoms with E-state index in [-0.39, 0.29) is 10.8 Å². The number of anilines is 1. The van der Waals surface area contributed by atoms with Gasteiger partial charge in [0.1, 0.15) is 11.5 Å². The lowest BCUT2D eigenvalue weighted by Crippen LogP contribution is -2.29. The number of rotatable bonds is 10. The summed E-state index contributed by atoms with van der Waals surface area (Å²) >= 11 is 1.57. The Morgan fingerprint density at radius 1 is 1.00 bits per heavy atom. The third kappa shape index (κ3) is 5.86. The van der Waals surface area contributed by atoms with E-state index in [1.807, 2.05) is 30.5 Å². The number of nitrogens with one attached hydrogen (secondary N) is 1. The number of hydrogen-bond acceptors (Lipinski definition) is 6. The molecule has 0 saturated heterocycles. The van der Waals surface area contributed by atoms with Crippen molar-refractivity contribution in [3.8, 4) is 5.75 Å². The van der Waals surface area contributed by atoms with Crippen molar-refractivity contribution in [1.29, 1.82) is 0 Å². The molecule has 0 radical (unpaired) electrons. The summed E-state index contributed by atoms with van der Waals surface area (Å²) < 4.78 is 39.0. The average Bonchev–Trinajstić information content (AvgIpc) is 3.54. The Morgan fingerprint density at radius 2 is 1.76 bits per heavy atom. The average molecular weight is 497 g/mol. The van der Waals surface area contributed by atoms with Gasteiger partial charge >= 0.3 is 0 Å². The molecule has 0 aliphatic carbocycles. The van der Waals surface area contributed by atoms with Crippen molar-refractivity contribution in [2.75, 3.05) is 11.3 Å². The van der Waals surface area contributed by atoms with Crippen molar-refractivity contribution in [2.24, 2.45) is 0 Å². The zero-order valence-electron chi connectivity index (χ0n) is 18.5. The number of carbonyl (C=O) groups is 1. The summed E-state index contributed by atoms with van der Waals surface area (Å²) in [5.74, 6) is 1.12. The molecule has 1 N–H and O–H groups in total. The Labute approximate surface area is 202 Å². The molecule has 7 nitrogen and oxygen atoms in total. The molecule has 1 amide bonds. The van der Waals surface area contributed by atoms with E-state index in [2.05, 4.69) is 4.72 Å². The predicted octanol–water partition coefficient (Wildman–Crippen LogP) is 5.38. The molecule has 0 spiro atoms. The maximum absolute atomic E-state index is 13.2. The van der Waals surface area contributed by atoms with E-state index in [1.54, 1.807) is 52.8 Å². The predicted molar refractivity (Wildman–Crippen MR) is 131 cm³/mol. The molecule has 4 aromatic rings. The van der Waals surface area contributed by atoms with E-state index >= 15 is 0 Å². The minimum Gasteiger partial charge on any atom is -0.494 e. The van der Waals surface area contributed by atoms with Gasteiger partial charge in [-0.25, -0.2) is 8.42 Å². The van der Waals surface area contributed by atoms with E-state index in [4.69, 9.17) is 9.15 Å². The summed E-state index contributed by atoms with van der Waals surface area (Å²) in [4.78, 5) is 16.0. The number of sulfonamides is 1. The van der Waals surface area contributed by atoms with Gasteiger partial charge in [-0.2, -0.15) is 0 Å². The van der Waals surface area contributed by atoms with Gasteiger partial charge in [0.2, 0.25) is 0 Å². The topological polar surface area (TPSA) is 88.8 Å². The molecule has 2 aromatic heterocycles. The van der Waals surface area contributed by atoms with Gasteiger partial charge in [-0.05, 0) is 79.0 Å². The Kier molecular flexibility index (Phi) is 7.34. The minimum atomic E-state index is -3.81. The van der Waals surface area contributed by atoms with Crippen LogP contribution < -0.4 is 9.46 Å². The fraction of sp³-hybridized carbons (Fsp3) is 0.160.